The van der Waals surface area contributed by atoms with Gasteiger partial charge >= 0.3 is 0 Å². The molecular formula is C14H24N2O3S2. The van der Waals surface area contributed by atoms with Crippen molar-refractivity contribution in [2.45, 2.75) is 30.5 Å². The van der Waals surface area contributed by atoms with Crippen molar-refractivity contribution in [2.24, 2.45) is 5.92 Å². The van der Waals surface area contributed by atoms with Gasteiger partial charge in [0.15, 0.2) is 0 Å². The molecule has 0 unspecified atom stereocenters. The third-order valence-corrected chi connectivity index (χ3v) is 7.49. The average Bonchev–Trinajstić information content (AvgIpc) is 2.82. The Morgan fingerprint density at radius 2 is 2.10 bits per heavy atom. The third-order valence-electron chi connectivity index (χ3n) is 3.91. The van der Waals surface area contributed by atoms with Crippen LogP contribution in [-0.4, -0.2) is 46.6 Å². The molecule has 7 heteroatoms. The second-order valence-corrected chi connectivity index (χ2v) is 8.81. The van der Waals surface area contributed by atoms with E-state index in [2.05, 4.69) is 5.32 Å². The summed E-state index contributed by atoms with van der Waals surface area (Å²) in [7, 11) is 0.227. The van der Waals surface area contributed by atoms with Crippen LogP contribution in [0.1, 0.15) is 23.3 Å². The lowest BCUT2D eigenvalue weighted by atomic mass is 9.99. The first-order chi connectivity index (χ1) is 9.98. The van der Waals surface area contributed by atoms with Crippen molar-refractivity contribution in [3.8, 4) is 0 Å². The highest BCUT2D eigenvalue weighted by molar-refractivity contribution is 7.91. The SMILES string of the molecule is CNCc1sc(S(=O)(=O)N2CCC(COC)CC2)cc1C. The molecule has 0 bridgehead atoms. The Morgan fingerprint density at radius 1 is 1.43 bits per heavy atom. The van der Waals surface area contributed by atoms with Gasteiger partial charge < -0.3 is 10.1 Å². The van der Waals surface area contributed by atoms with E-state index in [1.165, 1.54) is 11.3 Å². The zero-order chi connectivity index (χ0) is 15.5. The molecule has 0 amide bonds. The van der Waals surface area contributed by atoms with Crippen molar-refractivity contribution in [3.05, 3.63) is 16.5 Å². The smallest absolute Gasteiger partial charge is 0.252 e. The number of rotatable bonds is 6. The van der Waals surface area contributed by atoms with Gasteiger partial charge in [0.25, 0.3) is 10.0 Å². The van der Waals surface area contributed by atoms with Crippen molar-refractivity contribution in [1.29, 1.82) is 0 Å². The van der Waals surface area contributed by atoms with Crippen molar-refractivity contribution in [2.75, 3.05) is 33.9 Å². The van der Waals surface area contributed by atoms with Crippen molar-refractivity contribution in [3.63, 3.8) is 0 Å². The number of nitrogens with one attached hydrogen (secondary N) is 1. The van der Waals surface area contributed by atoms with Crippen LogP contribution in [0.25, 0.3) is 0 Å². The van der Waals surface area contributed by atoms with Gasteiger partial charge in [0.05, 0.1) is 0 Å². The molecule has 0 saturated carbocycles. The minimum absolute atomic E-state index is 0.468. The molecular weight excluding hydrogens is 308 g/mol. The van der Waals surface area contributed by atoms with Crippen LogP contribution < -0.4 is 5.32 Å². The maximum atomic E-state index is 12.7. The molecule has 1 aliphatic rings. The average molecular weight is 332 g/mol. The largest absolute Gasteiger partial charge is 0.384 e. The van der Waals surface area contributed by atoms with E-state index in [9.17, 15) is 8.42 Å². The molecule has 1 fully saturated rings. The van der Waals surface area contributed by atoms with E-state index in [0.717, 1.165) is 29.9 Å². The Balaban J connectivity index is 2.10. The van der Waals surface area contributed by atoms with Crippen LogP contribution in [0.5, 0.6) is 0 Å². The van der Waals surface area contributed by atoms with Crippen LogP contribution >= 0.6 is 11.3 Å². The number of hydrogen-bond acceptors (Lipinski definition) is 5. The molecule has 0 atom stereocenters. The molecule has 1 saturated heterocycles. The fraction of sp³-hybridized carbons (Fsp3) is 0.714. The Kier molecular flexibility index (Phi) is 5.79. The van der Waals surface area contributed by atoms with Gasteiger partial charge in [-0.2, -0.15) is 4.31 Å². The second-order valence-electron chi connectivity index (χ2n) is 5.50. The normalized spacial score (nSPS) is 18.2. The molecule has 0 spiro atoms. The second kappa shape index (κ2) is 7.19. The summed E-state index contributed by atoms with van der Waals surface area (Å²) in [6, 6.07) is 1.80. The topological polar surface area (TPSA) is 58.6 Å². The summed E-state index contributed by atoms with van der Waals surface area (Å²) in [5.74, 6) is 0.478. The molecule has 2 heterocycles. The van der Waals surface area contributed by atoms with Gasteiger partial charge in [0.1, 0.15) is 4.21 Å². The summed E-state index contributed by atoms with van der Waals surface area (Å²) in [5.41, 5.74) is 1.04. The van der Waals surface area contributed by atoms with Crippen LogP contribution in [-0.2, 0) is 21.3 Å². The van der Waals surface area contributed by atoms with Crippen LogP contribution in [0, 0.1) is 12.8 Å². The van der Waals surface area contributed by atoms with E-state index in [1.807, 2.05) is 14.0 Å². The number of sulfonamides is 1. The van der Waals surface area contributed by atoms with E-state index in [0.29, 0.717) is 29.8 Å². The lowest BCUT2D eigenvalue weighted by Crippen LogP contribution is -2.39. The van der Waals surface area contributed by atoms with Gasteiger partial charge in [-0.1, -0.05) is 0 Å². The zero-order valence-corrected chi connectivity index (χ0v) is 14.5. The van der Waals surface area contributed by atoms with Crippen molar-refractivity contribution in [1.82, 2.24) is 9.62 Å². The molecule has 21 heavy (non-hydrogen) atoms. The van der Waals surface area contributed by atoms with Gasteiger partial charge in [-0.3, -0.25) is 0 Å². The summed E-state index contributed by atoms with van der Waals surface area (Å²) >= 11 is 1.38. The van der Waals surface area contributed by atoms with E-state index < -0.39 is 10.0 Å². The summed E-state index contributed by atoms with van der Waals surface area (Å²) in [4.78, 5) is 1.09. The standard InChI is InChI=1S/C14H24N2O3S2/c1-11-8-14(20-13(11)9-15-2)21(17,18)16-6-4-12(5-7-16)10-19-3/h8,12,15H,4-7,9-10H2,1-3H3. The van der Waals surface area contributed by atoms with Gasteiger partial charge in [-0.15, -0.1) is 11.3 Å². The summed E-state index contributed by atoms with van der Waals surface area (Å²) in [6.07, 6.45) is 1.75. The molecule has 0 aromatic carbocycles. The van der Waals surface area contributed by atoms with Crippen LogP contribution in [0.2, 0.25) is 0 Å². The molecule has 5 nitrogen and oxygen atoms in total. The molecule has 0 radical (unpaired) electrons. The predicted molar refractivity (Wildman–Crippen MR) is 85.2 cm³/mol. The molecule has 1 N–H and O–H groups in total. The maximum Gasteiger partial charge on any atom is 0.252 e. The van der Waals surface area contributed by atoms with Gasteiger partial charge in [0, 0.05) is 38.2 Å². The highest BCUT2D eigenvalue weighted by Crippen LogP contribution is 2.30. The maximum absolute atomic E-state index is 12.7. The highest BCUT2D eigenvalue weighted by Gasteiger charge is 2.30. The Labute approximate surface area is 131 Å². The monoisotopic (exact) mass is 332 g/mol. The molecule has 2 rings (SSSR count). The predicted octanol–water partition coefficient (Wildman–Crippen LogP) is 1.82. The molecule has 1 aromatic rings. The number of ether oxygens (including phenoxy) is 1. The van der Waals surface area contributed by atoms with Gasteiger partial charge in [-0.05, 0) is 44.4 Å². The van der Waals surface area contributed by atoms with Crippen LogP contribution in [0.4, 0.5) is 0 Å². The van der Waals surface area contributed by atoms with Crippen LogP contribution in [0.3, 0.4) is 0 Å². The van der Waals surface area contributed by atoms with E-state index in [1.54, 1.807) is 17.5 Å². The molecule has 120 valence electrons. The summed E-state index contributed by atoms with van der Waals surface area (Å²) < 4.78 is 32.7. The lowest BCUT2D eigenvalue weighted by molar-refractivity contribution is 0.121. The first-order valence-corrected chi connectivity index (χ1v) is 9.47. The third kappa shape index (κ3) is 3.84. The molecule has 0 aliphatic carbocycles. The number of nitrogens with zero attached hydrogens (tertiary/aromatic N) is 1. The quantitative estimate of drug-likeness (QED) is 0.863. The van der Waals surface area contributed by atoms with Crippen molar-refractivity contribution >= 4 is 21.4 Å². The van der Waals surface area contributed by atoms with E-state index in [-0.39, 0.29) is 0 Å². The van der Waals surface area contributed by atoms with E-state index in [4.69, 9.17) is 4.74 Å². The van der Waals surface area contributed by atoms with E-state index >= 15 is 0 Å². The Bertz CT molecular complexity index is 561. The lowest BCUT2D eigenvalue weighted by Gasteiger charge is -2.30. The van der Waals surface area contributed by atoms with Crippen LogP contribution in [0.15, 0.2) is 10.3 Å². The minimum atomic E-state index is -3.34. The molecule has 1 aliphatic heterocycles. The zero-order valence-electron chi connectivity index (χ0n) is 12.9. The number of hydrogen-bond donors (Lipinski definition) is 1. The number of methoxy groups -OCH3 is 1. The summed E-state index contributed by atoms with van der Waals surface area (Å²) in [6.45, 7) is 4.58. The van der Waals surface area contributed by atoms with Gasteiger partial charge in [-0.25, -0.2) is 8.42 Å². The fourth-order valence-corrected chi connectivity index (χ4v) is 5.86. The van der Waals surface area contributed by atoms with Crippen molar-refractivity contribution < 1.29 is 13.2 Å². The first kappa shape index (κ1) is 16.9. The first-order valence-electron chi connectivity index (χ1n) is 7.22. The number of aryl methyl sites for hydroxylation is 1. The Hall–Kier alpha value is -0.470. The van der Waals surface area contributed by atoms with Gasteiger partial charge in [0.2, 0.25) is 0 Å². The fourth-order valence-electron chi connectivity index (χ4n) is 2.63. The molecule has 1 aromatic heterocycles. The Morgan fingerprint density at radius 3 is 2.67 bits per heavy atom. The number of thiophene rings is 1. The number of piperidine rings is 1. The minimum Gasteiger partial charge on any atom is -0.384 e. The highest BCUT2D eigenvalue weighted by atomic mass is 32.2. The summed E-state index contributed by atoms with van der Waals surface area (Å²) in [5, 5.41) is 3.08.